The first kappa shape index (κ1) is 15.3. The van der Waals surface area contributed by atoms with E-state index in [1.807, 2.05) is 23.1 Å². The van der Waals surface area contributed by atoms with E-state index >= 15 is 0 Å². The van der Waals surface area contributed by atoms with E-state index in [-0.39, 0.29) is 18.1 Å². The molecule has 2 saturated heterocycles. The second-order valence-electron chi connectivity index (χ2n) is 6.46. The summed E-state index contributed by atoms with van der Waals surface area (Å²) >= 11 is 0. The topological polar surface area (TPSA) is 81.4 Å². The molecule has 0 aromatic carbocycles. The number of amides is 1. The lowest BCUT2D eigenvalue weighted by Crippen LogP contribution is -2.45. The zero-order valence-electron chi connectivity index (χ0n) is 13.6. The van der Waals surface area contributed by atoms with Crippen molar-refractivity contribution in [1.29, 1.82) is 0 Å². The molecule has 2 aromatic heterocycles. The second-order valence-corrected chi connectivity index (χ2v) is 6.46. The van der Waals surface area contributed by atoms with E-state index in [0.717, 1.165) is 25.1 Å². The van der Waals surface area contributed by atoms with Crippen molar-refractivity contribution in [3.05, 3.63) is 41.8 Å². The predicted molar refractivity (Wildman–Crippen MR) is 83.9 cm³/mol. The van der Waals surface area contributed by atoms with Crippen molar-refractivity contribution >= 4 is 5.91 Å². The van der Waals surface area contributed by atoms with Crippen LogP contribution in [0.15, 0.2) is 28.9 Å². The maximum Gasteiger partial charge on any atom is 0.228 e. The van der Waals surface area contributed by atoms with Gasteiger partial charge < -0.3 is 14.2 Å². The molecule has 0 saturated carbocycles. The molecule has 3 atom stereocenters. The molecule has 4 heterocycles. The van der Waals surface area contributed by atoms with Crippen molar-refractivity contribution in [2.24, 2.45) is 5.92 Å². The lowest BCUT2D eigenvalue weighted by atomic mass is 9.91. The number of hydrogen-bond acceptors (Lipinski definition) is 6. The largest absolute Gasteiger partial charge is 0.365 e. The molecule has 0 N–H and O–H groups in total. The highest BCUT2D eigenvalue weighted by Crippen LogP contribution is 2.40. The second kappa shape index (κ2) is 6.32. The highest BCUT2D eigenvalue weighted by atomic mass is 16.5. The number of hydrogen-bond donors (Lipinski definition) is 0. The third-order valence-corrected chi connectivity index (χ3v) is 4.79. The van der Waals surface area contributed by atoms with Crippen molar-refractivity contribution < 1.29 is 14.1 Å². The Kier molecular flexibility index (Phi) is 4.02. The van der Waals surface area contributed by atoms with E-state index in [1.54, 1.807) is 13.1 Å². The first-order valence-corrected chi connectivity index (χ1v) is 8.32. The summed E-state index contributed by atoms with van der Waals surface area (Å²) in [5.41, 5.74) is 0.803. The Balaban J connectivity index is 1.38. The Labute approximate surface area is 140 Å². The molecule has 2 aliphatic heterocycles. The lowest BCUT2D eigenvalue weighted by Gasteiger charge is -2.34. The molecule has 24 heavy (non-hydrogen) atoms. The van der Waals surface area contributed by atoms with E-state index in [2.05, 4.69) is 15.1 Å². The summed E-state index contributed by atoms with van der Waals surface area (Å²) in [6.45, 7) is 3.17. The molecule has 0 radical (unpaired) electrons. The number of ether oxygens (including phenoxy) is 1. The van der Waals surface area contributed by atoms with E-state index < -0.39 is 0 Å². The van der Waals surface area contributed by atoms with E-state index in [4.69, 9.17) is 9.26 Å². The molecule has 126 valence electrons. The molecule has 0 aliphatic carbocycles. The number of carbonyl (C=O) groups is 1. The van der Waals surface area contributed by atoms with Gasteiger partial charge in [0.05, 0.1) is 12.5 Å². The van der Waals surface area contributed by atoms with E-state index in [0.29, 0.717) is 30.6 Å². The molecule has 0 spiro atoms. The Morgan fingerprint density at radius 3 is 3.08 bits per heavy atom. The average molecular weight is 328 g/mol. The molecule has 4 rings (SSSR count). The highest BCUT2D eigenvalue weighted by molar-refractivity contribution is 5.78. The first-order chi connectivity index (χ1) is 11.7. The quantitative estimate of drug-likeness (QED) is 0.853. The van der Waals surface area contributed by atoms with Crippen molar-refractivity contribution in [3.8, 4) is 0 Å². The smallest absolute Gasteiger partial charge is 0.228 e. The minimum absolute atomic E-state index is 0.0511. The van der Waals surface area contributed by atoms with Gasteiger partial charge in [-0.25, -0.2) is 0 Å². The zero-order valence-corrected chi connectivity index (χ0v) is 13.6. The number of nitrogens with zero attached hydrogens (tertiary/aromatic N) is 4. The first-order valence-electron chi connectivity index (χ1n) is 8.32. The van der Waals surface area contributed by atoms with Crippen LogP contribution >= 0.6 is 0 Å². The minimum atomic E-state index is -0.122. The Hall–Kier alpha value is -2.28. The van der Waals surface area contributed by atoms with Gasteiger partial charge in [0.2, 0.25) is 17.6 Å². The molecule has 2 fully saturated rings. The molecule has 7 nitrogen and oxygen atoms in total. The fraction of sp³-hybridized carbons (Fsp3) is 0.529. The fourth-order valence-electron chi connectivity index (χ4n) is 3.54. The van der Waals surface area contributed by atoms with Crippen LogP contribution in [0.1, 0.15) is 36.4 Å². The van der Waals surface area contributed by atoms with Gasteiger partial charge in [0.1, 0.15) is 6.10 Å². The fourth-order valence-corrected chi connectivity index (χ4v) is 3.54. The van der Waals surface area contributed by atoms with Gasteiger partial charge in [-0.05, 0) is 30.9 Å². The number of piperidine rings is 1. The summed E-state index contributed by atoms with van der Waals surface area (Å²) in [5, 5.41) is 3.97. The number of fused-ring (bicyclic) bond motifs is 1. The van der Waals surface area contributed by atoms with Gasteiger partial charge in [0, 0.05) is 31.9 Å². The standard InChI is InChI=1S/C17H20N4O3/c1-11-19-17(20-24-11)14-8-12-5-7-21(10-15(12)23-14)16(22)9-13-4-2-3-6-18-13/h2-4,6,12,14-15H,5,7-10H2,1H3/t12-,14+,15+/m1/s1. The summed E-state index contributed by atoms with van der Waals surface area (Å²) in [7, 11) is 0. The number of likely N-dealkylation sites (tertiary alicyclic amines) is 1. The van der Waals surface area contributed by atoms with Crippen LogP contribution in [0.25, 0.3) is 0 Å². The molecule has 2 aliphatic rings. The van der Waals surface area contributed by atoms with Gasteiger partial charge in [0.25, 0.3) is 0 Å². The molecular formula is C17H20N4O3. The zero-order chi connectivity index (χ0) is 16.5. The predicted octanol–water partition coefficient (Wildman–Crippen LogP) is 1.69. The van der Waals surface area contributed by atoms with Crippen LogP contribution in [0, 0.1) is 12.8 Å². The van der Waals surface area contributed by atoms with Crippen molar-refractivity contribution in [2.45, 2.75) is 38.4 Å². The lowest BCUT2D eigenvalue weighted by molar-refractivity contribution is -0.135. The molecular weight excluding hydrogens is 308 g/mol. The van der Waals surface area contributed by atoms with Crippen LogP contribution < -0.4 is 0 Å². The summed E-state index contributed by atoms with van der Waals surface area (Å²) in [6, 6.07) is 5.64. The van der Waals surface area contributed by atoms with Gasteiger partial charge in [-0.2, -0.15) is 4.98 Å². The SMILES string of the molecule is Cc1nc([C@@H]2C[C@H]3CCN(C(=O)Cc4ccccn4)C[C@@H]3O2)no1. The minimum Gasteiger partial charge on any atom is -0.365 e. The third-order valence-electron chi connectivity index (χ3n) is 4.79. The number of aromatic nitrogens is 3. The summed E-state index contributed by atoms with van der Waals surface area (Å²) in [5.74, 6) is 1.73. The summed E-state index contributed by atoms with van der Waals surface area (Å²) in [4.78, 5) is 22.9. The number of carbonyl (C=O) groups excluding carboxylic acids is 1. The van der Waals surface area contributed by atoms with Crippen LogP contribution in [0.3, 0.4) is 0 Å². The van der Waals surface area contributed by atoms with Crippen LogP contribution in [0.4, 0.5) is 0 Å². The summed E-state index contributed by atoms with van der Waals surface area (Å²) < 4.78 is 11.1. The van der Waals surface area contributed by atoms with Crippen LogP contribution in [-0.2, 0) is 16.0 Å². The highest BCUT2D eigenvalue weighted by Gasteiger charge is 2.42. The number of pyridine rings is 1. The normalized spacial score (nSPS) is 26.4. The van der Waals surface area contributed by atoms with Gasteiger partial charge in [-0.1, -0.05) is 11.2 Å². The van der Waals surface area contributed by atoms with Gasteiger partial charge in [-0.15, -0.1) is 0 Å². The van der Waals surface area contributed by atoms with Crippen LogP contribution in [0.5, 0.6) is 0 Å². The molecule has 1 amide bonds. The summed E-state index contributed by atoms with van der Waals surface area (Å²) in [6.07, 6.45) is 3.83. The monoisotopic (exact) mass is 328 g/mol. The van der Waals surface area contributed by atoms with Crippen molar-refractivity contribution in [1.82, 2.24) is 20.0 Å². The molecule has 2 aromatic rings. The van der Waals surface area contributed by atoms with Crippen LogP contribution in [-0.4, -0.2) is 45.1 Å². The van der Waals surface area contributed by atoms with Crippen LogP contribution in [0.2, 0.25) is 0 Å². The average Bonchev–Trinajstić information content (AvgIpc) is 3.20. The molecule has 0 unspecified atom stereocenters. The maximum atomic E-state index is 12.5. The Morgan fingerprint density at radius 1 is 1.42 bits per heavy atom. The van der Waals surface area contributed by atoms with Gasteiger partial charge in [0.15, 0.2) is 0 Å². The van der Waals surface area contributed by atoms with E-state index in [1.165, 1.54) is 0 Å². The van der Waals surface area contributed by atoms with Gasteiger partial charge >= 0.3 is 0 Å². The third kappa shape index (κ3) is 3.03. The van der Waals surface area contributed by atoms with Gasteiger partial charge in [-0.3, -0.25) is 9.78 Å². The van der Waals surface area contributed by atoms with Crippen molar-refractivity contribution in [2.75, 3.05) is 13.1 Å². The van der Waals surface area contributed by atoms with E-state index in [9.17, 15) is 4.79 Å². The number of rotatable bonds is 3. The Bertz CT molecular complexity index is 718. The molecule has 0 bridgehead atoms. The molecule has 7 heteroatoms. The van der Waals surface area contributed by atoms with Crippen molar-refractivity contribution in [3.63, 3.8) is 0 Å². The maximum absolute atomic E-state index is 12.5. The Morgan fingerprint density at radius 2 is 2.33 bits per heavy atom. The number of aryl methyl sites for hydroxylation is 1.